The smallest absolute Gasteiger partial charge is 0.00489 e. The quantitative estimate of drug-likeness (QED) is 0.615. The maximum Gasteiger partial charge on any atom is -0.00489 e. The average Bonchev–Trinajstić information content (AvgIpc) is 2.05. The van der Waals surface area contributed by atoms with E-state index in [-0.39, 0.29) is 0 Å². The first-order valence-electron chi connectivity index (χ1n) is 4.48. The summed E-state index contributed by atoms with van der Waals surface area (Å²) in [4.78, 5) is 0. The maximum absolute atomic E-state index is 5.60. The summed E-state index contributed by atoms with van der Waals surface area (Å²) in [5.74, 6) is 3.06. The molecule has 2 heteroatoms. The van der Waals surface area contributed by atoms with Crippen LogP contribution in [0.4, 0.5) is 0 Å². The molecular weight excluding hydrogens is 154 g/mol. The van der Waals surface area contributed by atoms with E-state index < -0.39 is 0 Å². The summed E-state index contributed by atoms with van der Waals surface area (Å²) in [5, 5.41) is 0. The zero-order valence-corrected chi connectivity index (χ0v) is 8.77. The Balaban J connectivity index is 3.86. The Bertz CT molecular complexity index is 91.6. The lowest BCUT2D eigenvalue weighted by Crippen LogP contribution is -2.25. The molecule has 0 spiro atoms. The Hall–Kier alpha value is 0.310. The van der Waals surface area contributed by atoms with Crippen LogP contribution in [-0.2, 0) is 0 Å². The van der Waals surface area contributed by atoms with Gasteiger partial charge in [0.2, 0.25) is 0 Å². The second-order valence-electron chi connectivity index (χ2n) is 3.42. The normalized spacial score (nSPS) is 19.4. The van der Waals surface area contributed by atoms with Gasteiger partial charge in [-0.3, -0.25) is 0 Å². The van der Waals surface area contributed by atoms with Crippen molar-refractivity contribution in [3.05, 3.63) is 0 Å². The largest absolute Gasteiger partial charge is 0.330 e. The summed E-state index contributed by atoms with van der Waals surface area (Å²) in [6, 6.07) is 0. The molecule has 0 bridgehead atoms. The molecule has 0 aliphatic rings. The van der Waals surface area contributed by atoms with Crippen molar-refractivity contribution in [2.24, 2.45) is 23.5 Å². The minimum Gasteiger partial charge on any atom is -0.330 e. The average molecular weight is 175 g/mol. The van der Waals surface area contributed by atoms with Crippen molar-refractivity contribution >= 4 is 12.6 Å². The van der Waals surface area contributed by atoms with Crippen LogP contribution >= 0.6 is 12.6 Å². The minimum absolute atomic E-state index is 0.632. The summed E-state index contributed by atoms with van der Waals surface area (Å²) in [5.41, 5.74) is 5.60. The lowest BCUT2D eigenvalue weighted by atomic mass is 9.83. The van der Waals surface area contributed by atoms with Gasteiger partial charge in [0.1, 0.15) is 0 Å². The van der Waals surface area contributed by atoms with Crippen LogP contribution in [0.15, 0.2) is 0 Å². The molecule has 0 rings (SSSR count). The molecule has 2 unspecified atom stereocenters. The van der Waals surface area contributed by atoms with Gasteiger partial charge in [-0.25, -0.2) is 0 Å². The van der Waals surface area contributed by atoms with E-state index in [9.17, 15) is 0 Å². The minimum atomic E-state index is 0.632. The molecule has 0 aliphatic heterocycles. The third kappa shape index (κ3) is 3.48. The van der Waals surface area contributed by atoms with Gasteiger partial charge in [0, 0.05) is 0 Å². The SMILES string of the molecule is CC[C@H](CS)C(C)C(C)CN. The molecule has 68 valence electrons. The third-order valence-electron chi connectivity index (χ3n) is 2.77. The number of hydrogen-bond acceptors (Lipinski definition) is 2. The molecule has 0 saturated carbocycles. The molecule has 0 amide bonds. The van der Waals surface area contributed by atoms with Gasteiger partial charge in [0.25, 0.3) is 0 Å². The molecule has 3 atom stereocenters. The molecule has 0 aromatic carbocycles. The van der Waals surface area contributed by atoms with E-state index >= 15 is 0 Å². The van der Waals surface area contributed by atoms with Crippen LogP contribution in [0.25, 0.3) is 0 Å². The fraction of sp³-hybridized carbons (Fsp3) is 1.00. The molecule has 0 aromatic rings. The molecular formula is C9H21NS. The fourth-order valence-corrected chi connectivity index (χ4v) is 1.94. The second-order valence-corrected chi connectivity index (χ2v) is 3.79. The van der Waals surface area contributed by atoms with E-state index in [1.54, 1.807) is 0 Å². The van der Waals surface area contributed by atoms with Gasteiger partial charge in [0.05, 0.1) is 0 Å². The van der Waals surface area contributed by atoms with Crippen LogP contribution < -0.4 is 5.73 Å². The van der Waals surface area contributed by atoms with Gasteiger partial charge in [-0.2, -0.15) is 12.6 Å². The molecule has 2 N–H and O–H groups in total. The predicted molar refractivity (Wildman–Crippen MR) is 55.0 cm³/mol. The van der Waals surface area contributed by atoms with Gasteiger partial charge in [-0.15, -0.1) is 0 Å². The summed E-state index contributed by atoms with van der Waals surface area (Å²) in [6.07, 6.45) is 1.22. The van der Waals surface area contributed by atoms with Crippen LogP contribution in [0.1, 0.15) is 27.2 Å². The van der Waals surface area contributed by atoms with Gasteiger partial charge < -0.3 is 5.73 Å². The topological polar surface area (TPSA) is 26.0 Å². The highest BCUT2D eigenvalue weighted by molar-refractivity contribution is 7.80. The Labute approximate surface area is 76.2 Å². The zero-order chi connectivity index (χ0) is 8.85. The zero-order valence-electron chi connectivity index (χ0n) is 7.88. The predicted octanol–water partition coefficient (Wildman–Crippen LogP) is 2.17. The second kappa shape index (κ2) is 5.90. The van der Waals surface area contributed by atoms with Gasteiger partial charge >= 0.3 is 0 Å². The third-order valence-corrected chi connectivity index (χ3v) is 3.24. The Morgan fingerprint density at radius 1 is 1.36 bits per heavy atom. The van der Waals surface area contributed by atoms with E-state index in [0.29, 0.717) is 11.8 Å². The van der Waals surface area contributed by atoms with E-state index in [1.807, 2.05) is 0 Å². The van der Waals surface area contributed by atoms with Crippen molar-refractivity contribution in [2.75, 3.05) is 12.3 Å². The van der Waals surface area contributed by atoms with Crippen LogP contribution in [0, 0.1) is 17.8 Å². The van der Waals surface area contributed by atoms with Crippen LogP contribution in [0.5, 0.6) is 0 Å². The van der Waals surface area contributed by atoms with Gasteiger partial charge in [-0.05, 0) is 30.1 Å². The Kier molecular flexibility index (Phi) is 6.06. The van der Waals surface area contributed by atoms with Crippen LogP contribution in [-0.4, -0.2) is 12.3 Å². The first-order valence-corrected chi connectivity index (χ1v) is 5.11. The van der Waals surface area contributed by atoms with E-state index in [1.165, 1.54) is 6.42 Å². The van der Waals surface area contributed by atoms with Crippen molar-refractivity contribution in [2.45, 2.75) is 27.2 Å². The van der Waals surface area contributed by atoms with Crippen molar-refractivity contribution in [1.82, 2.24) is 0 Å². The highest BCUT2D eigenvalue weighted by Crippen LogP contribution is 2.23. The number of hydrogen-bond donors (Lipinski definition) is 2. The van der Waals surface area contributed by atoms with E-state index in [0.717, 1.165) is 18.2 Å². The summed E-state index contributed by atoms with van der Waals surface area (Å²) < 4.78 is 0. The maximum atomic E-state index is 5.60. The highest BCUT2D eigenvalue weighted by Gasteiger charge is 2.18. The van der Waals surface area contributed by atoms with E-state index in [2.05, 4.69) is 33.4 Å². The van der Waals surface area contributed by atoms with Crippen LogP contribution in [0.3, 0.4) is 0 Å². The van der Waals surface area contributed by atoms with Gasteiger partial charge in [0.15, 0.2) is 0 Å². The Morgan fingerprint density at radius 3 is 2.18 bits per heavy atom. The molecule has 0 aliphatic carbocycles. The standard InChI is InChI=1S/C9H21NS/c1-4-9(6-11)8(3)7(2)5-10/h7-9,11H,4-6,10H2,1-3H3/t7?,8?,9-/m1/s1. The van der Waals surface area contributed by atoms with Crippen molar-refractivity contribution in [3.63, 3.8) is 0 Å². The van der Waals surface area contributed by atoms with Crippen molar-refractivity contribution in [1.29, 1.82) is 0 Å². The molecule has 1 nitrogen and oxygen atoms in total. The summed E-state index contributed by atoms with van der Waals surface area (Å²) in [7, 11) is 0. The fourth-order valence-electron chi connectivity index (χ4n) is 1.35. The number of rotatable bonds is 5. The number of nitrogens with two attached hydrogens (primary N) is 1. The molecule has 0 fully saturated rings. The first-order chi connectivity index (χ1) is 5.17. The monoisotopic (exact) mass is 175 g/mol. The van der Waals surface area contributed by atoms with Crippen molar-refractivity contribution < 1.29 is 0 Å². The molecule has 0 aromatic heterocycles. The summed E-state index contributed by atoms with van der Waals surface area (Å²) >= 11 is 4.33. The highest BCUT2D eigenvalue weighted by atomic mass is 32.1. The van der Waals surface area contributed by atoms with E-state index in [4.69, 9.17) is 5.73 Å². The first kappa shape index (κ1) is 11.3. The van der Waals surface area contributed by atoms with Crippen LogP contribution in [0.2, 0.25) is 0 Å². The molecule has 0 heterocycles. The molecule has 0 saturated heterocycles. The lowest BCUT2D eigenvalue weighted by Gasteiger charge is -2.25. The molecule has 0 radical (unpaired) electrons. The summed E-state index contributed by atoms with van der Waals surface area (Å²) in [6.45, 7) is 7.52. The number of thiol groups is 1. The molecule has 11 heavy (non-hydrogen) atoms. The van der Waals surface area contributed by atoms with Gasteiger partial charge in [-0.1, -0.05) is 27.2 Å². The Morgan fingerprint density at radius 2 is 1.91 bits per heavy atom. The lowest BCUT2D eigenvalue weighted by molar-refractivity contribution is 0.283. The van der Waals surface area contributed by atoms with Crippen molar-refractivity contribution in [3.8, 4) is 0 Å².